The highest BCUT2D eigenvalue weighted by molar-refractivity contribution is 7.47. The monoisotopic (exact) mass is 582 g/mol. The van der Waals surface area contributed by atoms with Crippen LogP contribution in [-0.4, -0.2) is 93.7 Å². The minimum Gasteiger partial charge on any atom is -0.387 e. The van der Waals surface area contributed by atoms with E-state index in [2.05, 4.69) is 6.92 Å². The first-order valence-electron chi connectivity index (χ1n) is 15.5. The molecule has 0 aromatic rings. The number of quaternary nitrogens is 1. The van der Waals surface area contributed by atoms with E-state index >= 15 is 0 Å². The predicted octanol–water partition coefficient (Wildman–Crippen LogP) is 6.21. The summed E-state index contributed by atoms with van der Waals surface area (Å²) in [6.07, 6.45) is 17.7. The molecule has 39 heavy (non-hydrogen) atoms. The number of aliphatic hydroxyl groups excluding tert-OH is 1. The zero-order chi connectivity index (χ0) is 29.0. The second kappa shape index (κ2) is 21.6. The Morgan fingerprint density at radius 2 is 1.26 bits per heavy atom. The smallest absolute Gasteiger partial charge is 0.387 e. The number of aliphatic hydroxyl groups is 1. The highest BCUT2D eigenvalue weighted by Gasteiger charge is 2.45. The first-order valence-corrected chi connectivity index (χ1v) is 17.0. The lowest BCUT2D eigenvalue weighted by Crippen LogP contribution is -2.38. The summed E-state index contributed by atoms with van der Waals surface area (Å²) in [6, 6.07) is 0. The van der Waals surface area contributed by atoms with Crippen molar-refractivity contribution in [1.82, 2.24) is 0 Å². The van der Waals surface area contributed by atoms with Crippen LogP contribution in [0.2, 0.25) is 0 Å². The fraction of sp³-hybridized carbons (Fsp3) is 1.00. The number of nitrogens with zero attached hydrogens (tertiary/aromatic N) is 1. The molecule has 0 amide bonds. The Hall–Kier alpha value is -0.0900. The Kier molecular flexibility index (Phi) is 20.4. The normalized spacial score (nSPS) is 23.4. The van der Waals surface area contributed by atoms with Crippen LogP contribution in [0.25, 0.3) is 0 Å². The number of unbranched alkanes of at least 4 members (excludes halogenated alkanes) is 15. The fourth-order valence-corrected chi connectivity index (χ4v) is 5.43. The zero-order valence-electron chi connectivity index (χ0n) is 25.7. The third-order valence-electron chi connectivity index (χ3n) is 7.25. The summed E-state index contributed by atoms with van der Waals surface area (Å²) in [4.78, 5) is 9.92. The first kappa shape index (κ1) is 36.9. The molecular formula is C29H61NO8P+. The summed E-state index contributed by atoms with van der Waals surface area (Å²) in [5.41, 5.74) is 0. The molecule has 0 aromatic heterocycles. The Labute approximate surface area is 239 Å². The van der Waals surface area contributed by atoms with Gasteiger partial charge in [0.1, 0.15) is 31.5 Å². The fourth-order valence-electron chi connectivity index (χ4n) is 4.71. The molecule has 1 aliphatic heterocycles. The minimum absolute atomic E-state index is 0.0805. The van der Waals surface area contributed by atoms with E-state index < -0.39 is 32.4 Å². The average Bonchev–Trinajstić information content (AvgIpc) is 3.18. The molecule has 1 unspecified atom stereocenters. The van der Waals surface area contributed by atoms with E-state index in [-0.39, 0.29) is 13.2 Å². The highest BCUT2D eigenvalue weighted by atomic mass is 31.2. The lowest BCUT2D eigenvalue weighted by Gasteiger charge is -2.24. The quantitative estimate of drug-likeness (QED) is 0.0705. The van der Waals surface area contributed by atoms with Gasteiger partial charge in [0, 0.05) is 13.7 Å². The Morgan fingerprint density at radius 1 is 0.769 bits per heavy atom. The largest absolute Gasteiger partial charge is 0.472 e. The Bertz CT molecular complexity index is 633. The lowest BCUT2D eigenvalue weighted by atomic mass is 10.0. The van der Waals surface area contributed by atoms with Gasteiger partial charge in [-0.05, 0) is 6.42 Å². The minimum atomic E-state index is -4.24. The Balaban J connectivity index is 2.07. The van der Waals surface area contributed by atoms with Crippen molar-refractivity contribution in [3.05, 3.63) is 0 Å². The molecule has 0 spiro atoms. The molecule has 234 valence electrons. The van der Waals surface area contributed by atoms with Crippen LogP contribution in [0.5, 0.6) is 0 Å². The van der Waals surface area contributed by atoms with Crippen molar-refractivity contribution in [3.8, 4) is 0 Å². The second-order valence-electron chi connectivity index (χ2n) is 12.0. The number of phosphoric ester groups is 1. The Morgan fingerprint density at radius 3 is 1.72 bits per heavy atom. The number of hydrogen-bond donors (Lipinski definition) is 2. The van der Waals surface area contributed by atoms with Crippen LogP contribution in [-0.2, 0) is 27.8 Å². The number of hydrogen-bond acceptors (Lipinski definition) is 7. The number of ether oxygens (including phenoxy) is 3. The first-order chi connectivity index (χ1) is 18.6. The van der Waals surface area contributed by atoms with E-state index in [1.807, 2.05) is 21.1 Å². The molecule has 2 N–H and O–H groups in total. The van der Waals surface area contributed by atoms with Gasteiger partial charge in [0.2, 0.25) is 0 Å². The van der Waals surface area contributed by atoms with E-state index in [0.29, 0.717) is 17.6 Å². The summed E-state index contributed by atoms with van der Waals surface area (Å²) >= 11 is 0. The molecule has 5 atom stereocenters. The molecule has 1 fully saturated rings. The van der Waals surface area contributed by atoms with Crippen LogP contribution < -0.4 is 0 Å². The van der Waals surface area contributed by atoms with Gasteiger partial charge >= 0.3 is 7.82 Å². The maximum Gasteiger partial charge on any atom is 0.472 e. The van der Waals surface area contributed by atoms with Gasteiger partial charge in [0.25, 0.3) is 0 Å². The number of phosphoric acid groups is 1. The van der Waals surface area contributed by atoms with Gasteiger partial charge in [-0.3, -0.25) is 9.05 Å². The SMILES string of the molecule is CCCCCCCCCCCCCCCCCCO[C@H]1[C@@H](OC)O[C@H](COP(=O)(O)OCC[N+](C)(C)C)[C@@H]1O. The molecule has 1 aliphatic rings. The molecule has 1 saturated heterocycles. The van der Waals surface area contributed by atoms with E-state index in [4.69, 9.17) is 23.3 Å². The van der Waals surface area contributed by atoms with Gasteiger partial charge in [-0.25, -0.2) is 4.57 Å². The van der Waals surface area contributed by atoms with Crippen LogP contribution in [0.3, 0.4) is 0 Å². The predicted molar refractivity (Wildman–Crippen MR) is 156 cm³/mol. The van der Waals surface area contributed by atoms with Gasteiger partial charge in [-0.1, -0.05) is 103 Å². The zero-order valence-corrected chi connectivity index (χ0v) is 26.6. The number of methoxy groups -OCH3 is 1. The van der Waals surface area contributed by atoms with Crippen molar-refractivity contribution in [2.45, 2.75) is 134 Å². The van der Waals surface area contributed by atoms with E-state index in [1.54, 1.807) is 0 Å². The third kappa shape index (κ3) is 18.9. The van der Waals surface area contributed by atoms with Gasteiger partial charge in [-0.15, -0.1) is 0 Å². The standard InChI is InChI=1S/C29H60NO8P/c1-6-7-8-9-10-11-12-13-14-15-16-17-18-19-20-21-23-35-28-27(31)26(38-29(28)34-5)25-37-39(32,33)36-24-22-30(2,3)4/h26-29,31H,6-25H2,1-5H3/p+1/t26-,27+,28-,29+/m1/s1. The molecule has 1 rings (SSSR count). The van der Waals surface area contributed by atoms with Gasteiger partial charge < -0.3 is 28.7 Å². The van der Waals surface area contributed by atoms with E-state index in [9.17, 15) is 14.6 Å². The van der Waals surface area contributed by atoms with E-state index in [0.717, 1.165) is 12.8 Å². The summed E-state index contributed by atoms with van der Waals surface area (Å²) in [5.74, 6) is 0. The maximum atomic E-state index is 12.1. The van der Waals surface area contributed by atoms with E-state index in [1.165, 1.54) is 97.0 Å². The molecule has 10 heteroatoms. The van der Waals surface area contributed by atoms with Crippen molar-refractivity contribution in [2.24, 2.45) is 0 Å². The van der Waals surface area contributed by atoms with Crippen LogP contribution >= 0.6 is 7.82 Å². The molecule has 0 radical (unpaired) electrons. The molecule has 0 aliphatic carbocycles. The van der Waals surface area contributed by atoms with Crippen molar-refractivity contribution in [2.75, 3.05) is 54.6 Å². The van der Waals surface area contributed by atoms with Crippen molar-refractivity contribution < 1.29 is 42.3 Å². The molecule has 0 bridgehead atoms. The van der Waals surface area contributed by atoms with Crippen molar-refractivity contribution >= 4 is 7.82 Å². The molecule has 0 saturated carbocycles. The summed E-state index contributed by atoms with van der Waals surface area (Å²) in [5, 5.41) is 10.6. The number of rotatable bonds is 26. The van der Waals surface area contributed by atoms with Crippen LogP contribution in [0.4, 0.5) is 0 Å². The maximum absolute atomic E-state index is 12.1. The molecule has 9 nitrogen and oxygen atoms in total. The lowest BCUT2D eigenvalue weighted by molar-refractivity contribution is -0.870. The molecule has 1 heterocycles. The molecular weight excluding hydrogens is 521 g/mol. The van der Waals surface area contributed by atoms with Gasteiger partial charge in [-0.2, -0.15) is 0 Å². The second-order valence-corrected chi connectivity index (χ2v) is 13.5. The summed E-state index contributed by atoms with van der Waals surface area (Å²) in [6.45, 7) is 3.11. The topological polar surface area (TPSA) is 104 Å². The number of likely N-dealkylation sites (N-methyl/N-ethyl adjacent to an activating group) is 1. The average molecular weight is 583 g/mol. The van der Waals surface area contributed by atoms with Crippen LogP contribution in [0.15, 0.2) is 0 Å². The van der Waals surface area contributed by atoms with Crippen LogP contribution in [0.1, 0.15) is 110 Å². The third-order valence-corrected chi connectivity index (χ3v) is 8.24. The van der Waals surface area contributed by atoms with Crippen molar-refractivity contribution in [1.29, 1.82) is 0 Å². The molecule has 0 aromatic carbocycles. The highest BCUT2D eigenvalue weighted by Crippen LogP contribution is 2.44. The van der Waals surface area contributed by atoms with Crippen LogP contribution in [0, 0.1) is 0 Å². The summed E-state index contributed by atoms with van der Waals surface area (Å²) in [7, 11) is 3.11. The summed E-state index contributed by atoms with van der Waals surface area (Å²) < 4.78 is 39.7. The van der Waals surface area contributed by atoms with Crippen molar-refractivity contribution in [3.63, 3.8) is 0 Å². The van der Waals surface area contributed by atoms with Gasteiger partial charge in [0.05, 0.1) is 27.7 Å². The van der Waals surface area contributed by atoms with Gasteiger partial charge in [0.15, 0.2) is 6.29 Å².